The van der Waals surface area contributed by atoms with Crippen molar-refractivity contribution in [1.29, 1.82) is 0 Å². The summed E-state index contributed by atoms with van der Waals surface area (Å²) in [6.45, 7) is 27.5. The van der Waals surface area contributed by atoms with Crippen molar-refractivity contribution in [2.24, 2.45) is 107 Å². The van der Waals surface area contributed by atoms with Gasteiger partial charge in [0.1, 0.15) is 23.2 Å². The number of allylic oxidation sites excluding steroid dienone is 1. The summed E-state index contributed by atoms with van der Waals surface area (Å²) in [5.74, 6) is -3.50. The lowest BCUT2D eigenvalue weighted by Crippen LogP contribution is -2.37. The summed E-state index contributed by atoms with van der Waals surface area (Å²) in [4.78, 5) is 24.4. The monoisotopic (exact) mass is 2180 g/mol. The van der Waals surface area contributed by atoms with E-state index in [2.05, 4.69) is 59.3 Å². The molecule has 0 saturated heterocycles. The summed E-state index contributed by atoms with van der Waals surface area (Å²) in [6.07, 6.45) is 35.1. The molecule has 0 N–H and O–H groups in total. The van der Waals surface area contributed by atoms with E-state index in [0.29, 0.717) is 108 Å². The van der Waals surface area contributed by atoms with Crippen LogP contribution in [0.2, 0.25) is 10.0 Å². The first-order valence-corrected chi connectivity index (χ1v) is 53.9. The first-order valence-electron chi connectivity index (χ1n) is 53.2. The van der Waals surface area contributed by atoms with Crippen LogP contribution in [-0.4, -0.2) is 43.6 Å². The summed E-state index contributed by atoms with van der Waals surface area (Å²) in [5.41, 5.74) is 2.03. The third kappa shape index (κ3) is 38.9. The van der Waals surface area contributed by atoms with Gasteiger partial charge in [-0.1, -0.05) is 261 Å². The molecule has 7 nitrogen and oxygen atoms in total. The van der Waals surface area contributed by atoms with E-state index < -0.39 is 99.6 Å². The molecule has 150 heavy (non-hydrogen) atoms. The summed E-state index contributed by atoms with van der Waals surface area (Å²) in [5, 5.41) is -0.551. The number of carbonyl (C=O) groups excluding carboxylic acids is 2. The molecule has 0 bridgehead atoms. The largest absolute Gasteiger partial charge is 0.490 e. The van der Waals surface area contributed by atoms with Crippen LogP contribution >= 0.6 is 23.2 Å². The van der Waals surface area contributed by atoms with Gasteiger partial charge in [-0.3, -0.25) is 9.59 Å². The van der Waals surface area contributed by atoms with Crippen LogP contribution in [0.4, 0.5) is 70.2 Å². The number of Topliss-reactive ketones (excluding diaryl/α,β-unsaturated/α-hetero) is 2. The van der Waals surface area contributed by atoms with Crippen LogP contribution < -0.4 is 23.7 Å². The Morgan fingerprint density at radius 3 is 0.853 bits per heavy atom. The molecule has 9 aliphatic rings. The zero-order chi connectivity index (χ0) is 105. The number of halogens is 18. The molecule has 0 radical (unpaired) electrons. The maximum Gasteiger partial charge on any atom is 0.400 e. The smallest absolute Gasteiger partial charge is 0.400 e. The summed E-state index contributed by atoms with van der Waals surface area (Å²) >= 11 is 11.4. The van der Waals surface area contributed by atoms with Crippen LogP contribution in [0.25, 0.3) is 0 Å². The Balaban J connectivity index is -0.000000424. The number of aryl methyl sites for hydroxylation is 7. The zero-order valence-corrected chi connectivity index (χ0v) is 88.4. The molecule has 0 unspecified atom stereocenters. The number of ether oxygens (including phenoxy) is 5. The minimum Gasteiger partial charge on any atom is -0.490 e. The van der Waals surface area contributed by atoms with Gasteiger partial charge in [0, 0.05) is 24.7 Å². The number of ketones is 2. The van der Waals surface area contributed by atoms with E-state index in [4.69, 9.17) is 42.1 Å². The maximum atomic E-state index is 14.1. The topological polar surface area (TPSA) is 80.3 Å². The molecule has 864 valence electrons. The first kappa shape index (κ1) is 134. The number of alkyl halides is 4. The van der Waals surface area contributed by atoms with Crippen molar-refractivity contribution in [3.05, 3.63) is 227 Å². The van der Waals surface area contributed by atoms with Gasteiger partial charge in [-0.2, -0.15) is 30.7 Å². The normalized spacial score (nSPS) is 25.1. The van der Waals surface area contributed by atoms with Gasteiger partial charge in [-0.05, 0) is 354 Å². The fourth-order valence-electron chi connectivity index (χ4n) is 21.9. The van der Waals surface area contributed by atoms with Crippen LogP contribution in [-0.2, 0) is 0 Å². The van der Waals surface area contributed by atoms with Crippen LogP contribution in [0, 0.1) is 225 Å². The maximum absolute atomic E-state index is 14.1. The van der Waals surface area contributed by atoms with Crippen molar-refractivity contribution >= 4 is 34.8 Å². The highest BCUT2D eigenvalue weighted by Crippen LogP contribution is 2.48. The SMILES string of the molecule is C.C.C.C.C.C.Cc1ccc(C(=O)C2CCC(C)CC2)c(F)c1F.Cc1ccc(C(=O)C2CCC(C)CC2)c(F)c1F.Cc1ccc(OC(F)(F)C2CCC(C)CC2)c(Cl)c1F.Cc1ccc(OC(F)(F)C2CCC(C)CC2)c(F)c1Cl.Cc1ccc(OC/C=C/C2CCC(C)CC2)c(F)c1F.Cc1ccc(OCC2CCC(C3CCC(C)CC3)CC2)c(F)c1F.Cc1ccc(OCC2CCC(C3CCC(C)CC3)CC2)c(F)c1F.[HH].[HH].[HH].[HH].[HH].[HH].[HH].[HH].[HH]. The molecule has 16 rings (SSSR count). The summed E-state index contributed by atoms with van der Waals surface area (Å²) < 4.78 is 246. The molecule has 0 aliphatic heterocycles. The van der Waals surface area contributed by atoms with Crippen LogP contribution in [0.3, 0.4) is 0 Å². The Morgan fingerprint density at radius 2 is 0.527 bits per heavy atom. The molecule has 0 atom stereocenters. The molecule has 0 aromatic heterocycles. The number of benzene rings is 7. The second kappa shape index (κ2) is 63.9. The third-order valence-corrected chi connectivity index (χ3v) is 33.3. The number of rotatable bonds is 22. The lowest BCUT2D eigenvalue weighted by molar-refractivity contribution is -0.224. The van der Waals surface area contributed by atoms with E-state index in [1.807, 2.05) is 6.08 Å². The minimum atomic E-state index is -3.36. The third-order valence-electron chi connectivity index (χ3n) is 32.5. The van der Waals surface area contributed by atoms with Crippen LogP contribution in [0.5, 0.6) is 28.7 Å². The molecule has 7 aromatic rings. The van der Waals surface area contributed by atoms with Gasteiger partial charge in [0.15, 0.2) is 81.1 Å². The average Bonchev–Trinajstić information content (AvgIpc) is 0.809. The minimum absolute atomic E-state index is 0. The zero-order valence-electron chi connectivity index (χ0n) is 86.9. The van der Waals surface area contributed by atoms with Gasteiger partial charge < -0.3 is 23.7 Å². The van der Waals surface area contributed by atoms with Gasteiger partial charge >= 0.3 is 12.2 Å². The summed E-state index contributed by atoms with van der Waals surface area (Å²) in [7, 11) is 0. The van der Waals surface area contributed by atoms with E-state index in [1.165, 1.54) is 191 Å². The van der Waals surface area contributed by atoms with Crippen molar-refractivity contribution in [3.8, 4) is 28.7 Å². The molecule has 9 saturated carbocycles. The Hall–Kier alpha value is -7.92. The van der Waals surface area contributed by atoms with E-state index >= 15 is 0 Å². The number of hydrogen-bond acceptors (Lipinski definition) is 7. The second-order valence-electron chi connectivity index (χ2n) is 44.0. The van der Waals surface area contributed by atoms with Gasteiger partial charge in [0.25, 0.3) is 0 Å². The van der Waals surface area contributed by atoms with E-state index in [1.54, 1.807) is 45.0 Å². The molecular formula is C125H196Cl2F16O7. The Labute approximate surface area is 913 Å². The second-order valence-corrected chi connectivity index (χ2v) is 44.8. The first-order chi connectivity index (χ1) is 68.3. The Morgan fingerprint density at radius 1 is 0.280 bits per heavy atom. The lowest BCUT2D eigenvalue weighted by Gasteiger charge is -2.37. The van der Waals surface area contributed by atoms with Crippen molar-refractivity contribution in [3.63, 3.8) is 0 Å². The highest BCUT2D eigenvalue weighted by atomic mass is 35.5. The molecule has 25 heteroatoms. The number of carbonyl (C=O) groups is 2. The average molecular weight is 2190 g/mol. The molecular weight excluding hydrogens is 1990 g/mol. The van der Waals surface area contributed by atoms with Crippen LogP contribution in [0.15, 0.2) is 97.1 Å². The van der Waals surface area contributed by atoms with Crippen molar-refractivity contribution < 1.29 is 116 Å². The standard InChI is InChI=1S/2C21H30F2O.C17H22F2O.2C15H18ClF3O.2C15H18F2O.6CH4.9H2/c2*1-14-3-8-17(9-4-14)18-10-6-16(7-11-18)13-24-19-12-5-15(2)20(22)21(19)23;1-12-5-8-14(9-6-12)4-3-11-20-15-10-7-13(2)16(18)17(15)19;1-9-3-6-11(7-4-9)15(18,19)20-12-8-5-10(2)14(17)13(12)16;1-9-3-6-11(7-4-9)15(18,19)20-12-8-5-10(2)13(16)14(12)17;2*1-9-3-6-11(7-4-9)15(18)12-8-5-10(2)13(16)14(12)17;;;;;;;;;;;;;;;/h2*5,12,14,16-18H,3-4,6-11,13H2,1-2H3;3-4,7,10,12,14H,5-6,8-9,11H2,1-2H3;2*5,8-9,11H,3-4,6-7H2,1-2H3;2*5,8-9,11H,3-4,6-7H2,1-2H3;6*1H4;9*1H/b;;4-3+;;;;;;;;;;;;;;;;;;;. The fraction of sp³-hybridized carbons (Fsp3) is 0.632. The molecule has 0 spiro atoms. The highest BCUT2D eigenvalue weighted by molar-refractivity contribution is 6.32. The van der Waals surface area contributed by atoms with E-state index in [-0.39, 0.29) is 143 Å². The molecule has 9 aliphatic carbocycles. The van der Waals surface area contributed by atoms with Crippen LogP contribution in [0.1, 0.15) is 397 Å². The van der Waals surface area contributed by atoms with Gasteiger partial charge in [0.05, 0.1) is 41.2 Å². The molecule has 7 aromatic carbocycles. The number of hydrogen-bond donors (Lipinski definition) is 0. The van der Waals surface area contributed by atoms with E-state index in [9.17, 15) is 79.8 Å². The van der Waals surface area contributed by atoms with Crippen molar-refractivity contribution in [1.82, 2.24) is 0 Å². The molecule has 9 fully saturated rings. The van der Waals surface area contributed by atoms with E-state index in [0.717, 1.165) is 144 Å². The highest BCUT2D eigenvalue weighted by Gasteiger charge is 2.46. The van der Waals surface area contributed by atoms with Crippen molar-refractivity contribution in [2.75, 3.05) is 19.8 Å². The fourth-order valence-corrected chi connectivity index (χ4v) is 22.3. The summed E-state index contributed by atoms with van der Waals surface area (Å²) in [6, 6.07) is 20.4. The Bertz CT molecular complexity index is 5020. The quantitative estimate of drug-likeness (QED) is 0.0380. The van der Waals surface area contributed by atoms with Gasteiger partial charge in [-0.25, -0.2) is 39.5 Å². The molecule has 0 heterocycles. The molecule has 0 amide bonds. The van der Waals surface area contributed by atoms with Crippen molar-refractivity contribution in [2.45, 2.75) is 385 Å². The lowest BCUT2D eigenvalue weighted by atomic mass is 9.69. The predicted molar refractivity (Wildman–Crippen MR) is 601 cm³/mol. The van der Waals surface area contributed by atoms with Gasteiger partial charge in [-0.15, -0.1) is 0 Å². The Kier molecular flexibility index (Phi) is 57.3. The van der Waals surface area contributed by atoms with Gasteiger partial charge in [0.2, 0.25) is 17.5 Å². The predicted octanol–water partition coefficient (Wildman–Crippen LogP) is 43.4.